The molecule has 0 unspecified atom stereocenters. The monoisotopic (exact) mass is 354 g/mol. The topological polar surface area (TPSA) is 87.6 Å². The van der Waals surface area contributed by atoms with Crippen molar-refractivity contribution >= 4 is 0 Å². The summed E-state index contributed by atoms with van der Waals surface area (Å²) in [6.45, 7) is 0.231. The zero-order chi connectivity index (χ0) is 17.9. The highest BCUT2D eigenvalue weighted by Gasteiger charge is 2.70. The van der Waals surface area contributed by atoms with Gasteiger partial charge in [0, 0.05) is 37.9 Å². The number of hydrogen-bond donors (Lipinski definition) is 0. The minimum atomic E-state index is -1.12. The molecule has 9 heteroatoms. The standard InChI is InChI=1S/C17H15FN6O2/c18-16-9-17(10-16,11-16)23-6-5-22(14(25)15(23)26)8-12-1-2-13(19-7-12)24-20-3-4-21-24/h1-7H,8-11H2. The first-order valence-electron chi connectivity index (χ1n) is 8.31. The minimum absolute atomic E-state index is 0.231. The van der Waals surface area contributed by atoms with E-state index in [-0.39, 0.29) is 6.54 Å². The van der Waals surface area contributed by atoms with Crippen molar-refractivity contribution in [3.8, 4) is 5.82 Å². The lowest BCUT2D eigenvalue weighted by Crippen LogP contribution is -2.72. The molecule has 8 nitrogen and oxygen atoms in total. The lowest BCUT2D eigenvalue weighted by molar-refractivity contribution is -0.199. The molecule has 0 radical (unpaired) electrons. The number of alkyl halides is 1. The van der Waals surface area contributed by atoms with Crippen LogP contribution in [-0.2, 0) is 12.1 Å². The Morgan fingerprint density at radius 3 is 2.38 bits per heavy atom. The molecule has 26 heavy (non-hydrogen) atoms. The summed E-state index contributed by atoms with van der Waals surface area (Å²) < 4.78 is 16.5. The lowest BCUT2D eigenvalue weighted by Gasteiger charge is -2.65. The second-order valence-corrected chi connectivity index (χ2v) is 7.16. The second kappa shape index (κ2) is 4.96. The van der Waals surface area contributed by atoms with Crippen molar-refractivity contribution < 1.29 is 4.39 Å². The van der Waals surface area contributed by atoms with Gasteiger partial charge in [-0.25, -0.2) is 9.37 Å². The highest BCUT2D eigenvalue weighted by Crippen LogP contribution is 2.66. The lowest BCUT2D eigenvalue weighted by atomic mass is 9.47. The number of hydrogen-bond acceptors (Lipinski definition) is 5. The first kappa shape index (κ1) is 15.2. The van der Waals surface area contributed by atoms with Gasteiger partial charge in [-0.15, -0.1) is 4.80 Å². The van der Waals surface area contributed by atoms with E-state index in [1.807, 2.05) is 0 Å². The molecule has 0 aromatic carbocycles. The summed E-state index contributed by atoms with van der Waals surface area (Å²) in [7, 11) is 0. The van der Waals surface area contributed by atoms with Crippen LogP contribution in [0.3, 0.4) is 0 Å². The Morgan fingerprint density at radius 2 is 1.77 bits per heavy atom. The molecule has 3 aromatic heterocycles. The first-order chi connectivity index (χ1) is 12.5. The molecule has 0 spiro atoms. The minimum Gasteiger partial charge on any atom is -0.305 e. The van der Waals surface area contributed by atoms with Gasteiger partial charge < -0.3 is 9.13 Å². The normalized spacial score (nSPS) is 26.2. The fraction of sp³-hybridized carbons (Fsp3) is 0.353. The van der Waals surface area contributed by atoms with Gasteiger partial charge in [0.05, 0.1) is 24.5 Å². The average Bonchev–Trinajstić information content (AvgIpc) is 3.11. The molecule has 3 aliphatic rings. The smallest absolute Gasteiger partial charge is 0.305 e. The van der Waals surface area contributed by atoms with Crippen molar-refractivity contribution in [1.82, 2.24) is 29.1 Å². The van der Waals surface area contributed by atoms with Crippen molar-refractivity contribution in [3.05, 3.63) is 69.4 Å². The number of rotatable bonds is 4. The maximum absolute atomic E-state index is 13.7. The van der Waals surface area contributed by atoms with E-state index in [0.717, 1.165) is 5.56 Å². The summed E-state index contributed by atoms with van der Waals surface area (Å²) in [6.07, 6.45) is 8.89. The van der Waals surface area contributed by atoms with E-state index in [1.165, 1.54) is 13.9 Å². The molecular weight excluding hydrogens is 339 g/mol. The Bertz CT molecular complexity index is 1080. The van der Waals surface area contributed by atoms with Crippen LogP contribution in [0.15, 0.2) is 52.7 Å². The third-order valence-electron chi connectivity index (χ3n) is 5.29. The Hall–Kier alpha value is -3.10. The number of pyridine rings is 1. The number of halogens is 1. The fourth-order valence-electron chi connectivity index (χ4n) is 4.04. The second-order valence-electron chi connectivity index (χ2n) is 7.16. The van der Waals surface area contributed by atoms with Crippen LogP contribution in [0.5, 0.6) is 0 Å². The molecule has 132 valence electrons. The van der Waals surface area contributed by atoms with Crippen LogP contribution in [0, 0.1) is 0 Å². The molecule has 3 fully saturated rings. The Balaban J connectivity index is 1.40. The molecule has 0 N–H and O–H groups in total. The van der Waals surface area contributed by atoms with Gasteiger partial charge in [0.25, 0.3) is 0 Å². The molecule has 0 saturated heterocycles. The van der Waals surface area contributed by atoms with Crippen molar-refractivity contribution in [3.63, 3.8) is 0 Å². The van der Waals surface area contributed by atoms with E-state index < -0.39 is 22.3 Å². The SMILES string of the molecule is O=c1c(=O)n(C23CC(F)(C2)C3)ccn1Cc1ccc(-n2nccn2)nc1. The van der Waals surface area contributed by atoms with Gasteiger partial charge in [0.1, 0.15) is 5.67 Å². The fourth-order valence-corrected chi connectivity index (χ4v) is 4.04. The van der Waals surface area contributed by atoms with Crippen LogP contribution in [0.25, 0.3) is 5.82 Å². The molecule has 2 bridgehead atoms. The summed E-state index contributed by atoms with van der Waals surface area (Å²) >= 11 is 0. The van der Waals surface area contributed by atoms with Gasteiger partial charge in [0.2, 0.25) is 0 Å². The zero-order valence-corrected chi connectivity index (χ0v) is 13.7. The maximum Gasteiger partial charge on any atom is 0.316 e. The third kappa shape index (κ3) is 2.09. The van der Waals surface area contributed by atoms with Gasteiger partial charge in [0.15, 0.2) is 5.82 Å². The van der Waals surface area contributed by atoms with E-state index in [4.69, 9.17) is 0 Å². The summed E-state index contributed by atoms with van der Waals surface area (Å²) in [4.78, 5) is 30.5. The van der Waals surface area contributed by atoms with E-state index >= 15 is 0 Å². The van der Waals surface area contributed by atoms with Crippen LogP contribution in [0.2, 0.25) is 0 Å². The summed E-state index contributed by atoms with van der Waals surface area (Å²) in [5.41, 5.74) is -2.04. The molecule has 3 heterocycles. The first-order valence-corrected chi connectivity index (χ1v) is 8.31. The van der Waals surface area contributed by atoms with E-state index in [9.17, 15) is 14.0 Å². The third-order valence-corrected chi connectivity index (χ3v) is 5.29. The quantitative estimate of drug-likeness (QED) is 0.642. The van der Waals surface area contributed by atoms with Crippen molar-refractivity contribution in [2.24, 2.45) is 0 Å². The van der Waals surface area contributed by atoms with Crippen LogP contribution in [0.4, 0.5) is 4.39 Å². The summed E-state index contributed by atoms with van der Waals surface area (Å²) in [6, 6.07) is 3.54. The zero-order valence-electron chi connectivity index (χ0n) is 13.7. The Labute approximate surface area is 146 Å². The number of nitrogens with zero attached hydrogens (tertiary/aromatic N) is 6. The van der Waals surface area contributed by atoms with Crippen molar-refractivity contribution in [2.45, 2.75) is 37.0 Å². The van der Waals surface area contributed by atoms with Crippen molar-refractivity contribution in [1.29, 1.82) is 0 Å². The molecule has 3 aliphatic carbocycles. The van der Waals surface area contributed by atoms with Gasteiger partial charge >= 0.3 is 11.1 Å². The van der Waals surface area contributed by atoms with E-state index in [2.05, 4.69) is 15.2 Å². The predicted molar refractivity (Wildman–Crippen MR) is 88.9 cm³/mol. The molecule has 0 amide bonds. The molecule has 0 atom stereocenters. The molecule has 3 aromatic rings. The molecule has 0 aliphatic heterocycles. The highest BCUT2D eigenvalue weighted by molar-refractivity contribution is 5.25. The van der Waals surface area contributed by atoms with Gasteiger partial charge in [-0.05, 0) is 11.6 Å². The predicted octanol–water partition coefficient (Wildman–Crippen LogP) is 0.635. The molecular formula is C17H15FN6O2. The van der Waals surface area contributed by atoms with Gasteiger partial charge in [-0.3, -0.25) is 9.59 Å². The van der Waals surface area contributed by atoms with Crippen LogP contribution in [-0.4, -0.2) is 34.8 Å². The Kier molecular flexibility index (Phi) is 2.90. The van der Waals surface area contributed by atoms with E-state index in [1.54, 1.807) is 43.1 Å². The average molecular weight is 354 g/mol. The van der Waals surface area contributed by atoms with E-state index in [0.29, 0.717) is 25.1 Å². The molecule has 6 rings (SSSR count). The van der Waals surface area contributed by atoms with Crippen molar-refractivity contribution in [2.75, 3.05) is 0 Å². The summed E-state index contributed by atoms with van der Waals surface area (Å²) in [5.74, 6) is 0.560. The maximum atomic E-state index is 13.7. The van der Waals surface area contributed by atoms with Gasteiger partial charge in [-0.1, -0.05) is 6.07 Å². The Morgan fingerprint density at radius 1 is 1.04 bits per heavy atom. The van der Waals surface area contributed by atoms with Gasteiger partial charge in [-0.2, -0.15) is 10.2 Å². The molecule has 3 saturated carbocycles. The number of aromatic nitrogens is 6. The van der Waals surface area contributed by atoms with Crippen LogP contribution in [0.1, 0.15) is 24.8 Å². The van der Waals surface area contributed by atoms with Crippen LogP contribution >= 0.6 is 0 Å². The van der Waals surface area contributed by atoms with Crippen LogP contribution < -0.4 is 11.1 Å². The summed E-state index contributed by atoms with van der Waals surface area (Å²) in [5, 5.41) is 8.00. The largest absolute Gasteiger partial charge is 0.316 e. The highest BCUT2D eigenvalue weighted by atomic mass is 19.1.